The lowest BCUT2D eigenvalue weighted by molar-refractivity contribution is -0.115. The summed E-state index contributed by atoms with van der Waals surface area (Å²) in [5.41, 5.74) is 0.406. The molecule has 1 atom stereocenters. The van der Waals surface area contributed by atoms with Gasteiger partial charge in [0.05, 0.1) is 28.0 Å². The average Bonchev–Trinajstić information content (AvgIpc) is 2.92. The Morgan fingerprint density at radius 3 is 2.95 bits per heavy atom. The summed E-state index contributed by atoms with van der Waals surface area (Å²) >= 11 is 7.31. The summed E-state index contributed by atoms with van der Waals surface area (Å²) in [5, 5.41) is 2.58. The number of hydrogen-bond acceptors (Lipinski definition) is 3. The molecule has 0 bridgehead atoms. The minimum atomic E-state index is -0.437. The molecule has 1 aromatic heterocycles. The van der Waals surface area contributed by atoms with Crippen LogP contribution in [0, 0.1) is 5.82 Å². The first kappa shape index (κ1) is 14.9. The highest BCUT2D eigenvalue weighted by atomic mass is 35.5. The number of rotatable bonds is 5. The largest absolute Gasteiger partial charge is 0.468 e. The first-order chi connectivity index (χ1) is 9.56. The van der Waals surface area contributed by atoms with Crippen LogP contribution in [-0.2, 0) is 10.5 Å². The number of benzene rings is 1. The minimum Gasteiger partial charge on any atom is -0.468 e. The van der Waals surface area contributed by atoms with Gasteiger partial charge in [-0.05, 0) is 37.3 Å². The zero-order chi connectivity index (χ0) is 14.5. The standard InChI is InChI=1S/C14H13ClFNO2S/c1-9(20-8-11-3-2-6-19-11)14(18)17-13-5-4-10(16)7-12(13)15/h2-7,9H,8H2,1H3,(H,17,18)/t9-/m1/s1. The van der Waals surface area contributed by atoms with Crippen LogP contribution in [0.5, 0.6) is 0 Å². The summed E-state index contributed by atoms with van der Waals surface area (Å²) in [4.78, 5) is 12.0. The molecule has 2 aromatic rings. The number of hydrogen-bond donors (Lipinski definition) is 1. The molecule has 3 nitrogen and oxygen atoms in total. The predicted octanol–water partition coefficient (Wildman–Crippen LogP) is 4.33. The van der Waals surface area contributed by atoms with Crippen molar-refractivity contribution in [3.8, 4) is 0 Å². The molecule has 0 fully saturated rings. The number of carbonyl (C=O) groups excluding carboxylic acids is 1. The van der Waals surface area contributed by atoms with Gasteiger partial charge in [-0.3, -0.25) is 4.79 Å². The molecular weight excluding hydrogens is 301 g/mol. The third-order valence-electron chi connectivity index (χ3n) is 2.61. The zero-order valence-corrected chi connectivity index (χ0v) is 12.3. The highest BCUT2D eigenvalue weighted by Crippen LogP contribution is 2.24. The Labute approximate surface area is 125 Å². The van der Waals surface area contributed by atoms with Gasteiger partial charge in [0.1, 0.15) is 11.6 Å². The van der Waals surface area contributed by atoms with Gasteiger partial charge in [-0.15, -0.1) is 11.8 Å². The number of thioether (sulfide) groups is 1. The molecule has 20 heavy (non-hydrogen) atoms. The molecule has 0 aliphatic rings. The van der Waals surface area contributed by atoms with Crippen molar-refractivity contribution in [2.24, 2.45) is 0 Å². The van der Waals surface area contributed by atoms with Gasteiger partial charge in [0.15, 0.2) is 0 Å². The molecule has 106 valence electrons. The predicted molar refractivity (Wildman–Crippen MR) is 79.5 cm³/mol. The molecule has 0 aliphatic carbocycles. The lowest BCUT2D eigenvalue weighted by Gasteiger charge is -2.12. The SMILES string of the molecule is C[C@@H](SCc1ccco1)C(=O)Nc1ccc(F)cc1Cl. The Kier molecular flexibility index (Phi) is 5.09. The van der Waals surface area contributed by atoms with E-state index in [0.717, 1.165) is 11.8 Å². The van der Waals surface area contributed by atoms with Crippen LogP contribution in [0.4, 0.5) is 10.1 Å². The second kappa shape index (κ2) is 6.81. The smallest absolute Gasteiger partial charge is 0.237 e. The van der Waals surface area contributed by atoms with Gasteiger partial charge in [-0.1, -0.05) is 11.6 Å². The van der Waals surface area contributed by atoms with E-state index in [0.29, 0.717) is 11.4 Å². The third kappa shape index (κ3) is 4.02. The number of nitrogens with one attached hydrogen (secondary N) is 1. The van der Waals surface area contributed by atoms with Crippen molar-refractivity contribution in [1.29, 1.82) is 0 Å². The lowest BCUT2D eigenvalue weighted by Crippen LogP contribution is -2.22. The van der Waals surface area contributed by atoms with E-state index in [1.54, 1.807) is 19.3 Å². The van der Waals surface area contributed by atoms with Crippen LogP contribution in [0.1, 0.15) is 12.7 Å². The van der Waals surface area contributed by atoms with Crippen molar-refractivity contribution in [3.63, 3.8) is 0 Å². The zero-order valence-electron chi connectivity index (χ0n) is 10.7. The maximum absolute atomic E-state index is 12.9. The van der Waals surface area contributed by atoms with E-state index in [1.807, 2.05) is 6.07 Å². The van der Waals surface area contributed by atoms with Crippen molar-refractivity contribution in [3.05, 3.63) is 53.2 Å². The maximum atomic E-state index is 12.9. The molecule has 0 unspecified atom stereocenters. The number of furan rings is 1. The monoisotopic (exact) mass is 313 g/mol. The Morgan fingerprint density at radius 1 is 1.50 bits per heavy atom. The number of amides is 1. The normalized spacial score (nSPS) is 12.2. The Morgan fingerprint density at radius 2 is 2.30 bits per heavy atom. The molecule has 0 spiro atoms. The number of anilines is 1. The van der Waals surface area contributed by atoms with Crippen molar-refractivity contribution < 1.29 is 13.6 Å². The second-order valence-corrected chi connectivity index (χ2v) is 5.88. The molecule has 6 heteroatoms. The van der Waals surface area contributed by atoms with Gasteiger partial charge >= 0.3 is 0 Å². The summed E-state index contributed by atoms with van der Waals surface area (Å²) in [6.45, 7) is 1.79. The topological polar surface area (TPSA) is 42.2 Å². The maximum Gasteiger partial charge on any atom is 0.237 e. The summed E-state index contributed by atoms with van der Waals surface area (Å²) < 4.78 is 18.1. The first-order valence-corrected chi connectivity index (χ1v) is 7.39. The molecule has 1 heterocycles. The van der Waals surface area contributed by atoms with E-state index < -0.39 is 5.82 Å². The molecular formula is C14H13ClFNO2S. The van der Waals surface area contributed by atoms with Gasteiger partial charge in [-0.2, -0.15) is 0 Å². The lowest BCUT2D eigenvalue weighted by atomic mass is 10.3. The highest BCUT2D eigenvalue weighted by Gasteiger charge is 2.15. The average molecular weight is 314 g/mol. The van der Waals surface area contributed by atoms with Gasteiger partial charge < -0.3 is 9.73 Å². The molecule has 2 rings (SSSR count). The van der Waals surface area contributed by atoms with Gasteiger partial charge in [0, 0.05) is 0 Å². The van der Waals surface area contributed by atoms with E-state index in [1.165, 1.54) is 23.9 Å². The first-order valence-electron chi connectivity index (χ1n) is 5.96. The Bertz CT molecular complexity index is 589. The van der Waals surface area contributed by atoms with E-state index in [9.17, 15) is 9.18 Å². The van der Waals surface area contributed by atoms with E-state index >= 15 is 0 Å². The van der Waals surface area contributed by atoms with Gasteiger partial charge in [0.2, 0.25) is 5.91 Å². The van der Waals surface area contributed by atoms with E-state index in [-0.39, 0.29) is 16.2 Å². The number of halogens is 2. The Balaban J connectivity index is 1.90. The quantitative estimate of drug-likeness (QED) is 0.893. The highest BCUT2D eigenvalue weighted by molar-refractivity contribution is 7.99. The van der Waals surface area contributed by atoms with Crippen molar-refractivity contribution in [1.82, 2.24) is 0 Å². The van der Waals surface area contributed by atoms with Crippen molar-refractivity contribution in [2.45, 2.75) is 17.9 Å². The molecule has 1 N–H and O–H groups in total. The fourth-order valence-electron chi connectivity index (χ4n) is 1.50. The van der Waals surface area contributed by atoms with Crippen LogP contribution in [0.15, 0.2) is 41.0 Å². The van der Waals surface area contributed by atoms with Crippen LogP contribution in [0.25, 0.3) is 0 Å². The van der Waals surface area contributed by atoms with Crippen LogP contribution in [0.3, 0.4) is 0 Å². The van der Waals surface area contributed by atoms with Gasteiger partial charge in [0.25, 0.3) is 0 Å². The second-order valence-electron chi connectivity index (χ2n) is 4.15. The number of carbonyl (C=O) groups is 1. The van der Waals surface area contributed by atoms with Gasteiger partial charge in [-0.25, -0.2) is 4.39 Å². The van der Waals surface area contributed by atoms with Crippen molar-refractivity contribution >= 4 is 35.0 Å². The van der Waals surface area contributed by atoms with Crippen LogP contribution < -0.4 is 5.32 Å². The van der Waals surface area contributed by atoms with E-state index in [4.69, 9.17) is 16.0 Å². The fourth-order valence-corrected chi connectivity index (χ4v) is 2.51. The van der Waals surface area contributed by atoms with Crippen LogP contribution in [-0.4, -0.2) is 11.2 Å². The molecule has 0 saturated carbocycles. The summed E-state index contributed by atoms with van der Waals surface area (Å²) in [6, 6.07) is 7.52. The molecule has 1 amide bonds. The molecule has 0 radical (unpaired) electrons. The van der Waals surface area contributed by atoms with E-state index in [2.05, 4.69) is 5.32 Å². The Hall–Kier alpha value is -1.46. The molecule has 0 saturated heterocycles. The van der Waals surface area contributed by atoms with Crippen LogP contribution in [0.2, 0.25) is 5.02 Å². The van der Waals surface area contributed by atoms with Crippen molar-refractivity contribution in [2.75, 3.05) is 5.32 Å². The summed E-state index contributed by atoms with van der Waals surface area (Å²) in [5.74, 6) is 0.802. The molecule has 0 aliphatic heterocycles. The van der Waals surface area contributed by atoms with Crippen LogP contribution >= 0.6 is 23.4 Å². The third-order valence-corrected chi connectivity index (χ3v) is 4.09. The fraction of sp³-hybridized carbons (Fsp3) is 0.214. The summed E-state index contributed by atoms with van der Waals surface area (Å²) in [7, 11) is 0. The summed E-state index contributed by atoms with van der Waals surface area (Å²) in [6.07, 6.45) is 1.60. The molecule has 1 aromatic carbocycles. The minimum absolute atomic E-state index is 0.182.